The van der Waals surface area contributed by atoms with Crippen molar-refractivity contribution in [2.45, 2.75) is 24.7 Å². The fourth-order valence-electron chi connectivity index (χ4n) is 4.09. The number of likely N-dealkylation sites (tertiary alicyclic amines) is 1. The molecule has 1 saturated heterocycles. The van der Waals surface area contributed by atoms with E-state index < -0.39 is 10.0 Å². The third kappa shape index (κ3) is 4.44. The van der Waals surface area contributed by atoms with E-state index in [0.29, 0.717) is 50.5 Å². The Labute approximate surface area is 183 Å². The number of rotatable bonds is 5. The molecule has 1 amide bonds. The van der Waals surface area contributed by atoms with Gasteiger partial charge in [0.05, 0.1) is 6.54 Å². The highest BCUT2D eigenvalue weighted by Crippen LogP contribution is 2.30. The summed E-state index contributed by atoms with van der Waals surface area (Å²) in [7, 11) is -1.82. The summed E-state index contributed by atoms with van der Waals surface area (Å²) in [6.07, 6.45) is 1.34. The molecule has 2 aliphatic rings. The zero-order chi connectivity index (χ0) is 22.0. The van der Waals surface area contributed by atoms with E-state index in [4.69, 9.17) is 4.74 Å². The lowest BCUT2D eigenvalue weighted by Crippen LogP contribution is -2.44. The monoisotopic (exact) mass is 441 g/mol. The minimum atomic E-state index is -3.63. The number of likely N-dealkylation sites (N-methyl/N-ethyl adjacent to an activating group) is 1. The zero-order valence-corrected chi connectivity index (χ0v) is 18.6. The number of para-hydroxylation sites is 1. The van der Waals surface area contributed by atoms with Gasteiger partial charge in [-0.15, -0.1) is 4.40 Å². The Morgan fingerprint density at radius 3 is 2.55 bits per heavy atom. The summed E-state index contributed by atoms with van der Waals surface area (Å²) in [5.74, 6) is 1.37. The van der Waals surface area contributed by atoms with Crippen molar-refractivity contribution < 1.29 is 17.9 Å². The number of amidine groups is 1. The van der Waals surface area contributed by atoms with Crippen LogP contribution in [0.15, 0.2) is 57.8 Å². The molecule has 1 fully saturated rings. The fourth-order valence-corrected chi connectivity index (χ4v) is 5.32. The summed E-state index contributed by atoms with van der Waals surface area (Å²) < 4.78 is 34.4. The number of sulfonamides is 1. The maximum Gasteiger partial charge on any atom is 0.285 e. The van der Waals surface area contributed by atoms with Gasteiger partial charge in [-0.05, 0) is 43.5 Å². The van der Waals surface area contributed by atoms with Crippen LogP contribution < -0.4 is 4.74 Å². The van der Waals surface area contributed by atoms with Crippen LogP contribution in [-0.4, -0.2) is 63.2 Å². The third-order valence-electron chi connectivity index (χ3n) is 5.91. The second kappa shape index (κ2) is 8.70. The van der Waals surface area contributed by atoms with Gasteiger partial charge in [-0.25, -0.2) is 0 Å². The van der Waals surface area contributed by atoms with E-state index in [1.807, 2.05) is 42.2 Å². The van der Waals surface area contributed by atoms with Gasteiger partial charge in [0.1, 0.15) is 17.3 Å². The van der Waals surface area contributed by atoms with Gasteiger partial charge in [-0.2, -0.15) is 8.42 Å². The van der Waals surface area contributed by atoms with Gasteiger partial charge in [0.2, 0.25) is 5.91 Å². The molecule has 0 radical (unpaired) electrons. The predicted molar refractivity (Wildman–Crippen MR) is 119 cm³/mol. The molecule has 31 heavy (non-hydrogen) atoms. The summed E-state index contributed by atoms with van der Waals surface area (Å²) >= 11 is 0. The van der Waals surface area contributed by atoms with Crippen molar-refractivity contribution in [1.29, 1.82) is 0 Å². The SMILES string of the molecule is Cc1ccccc1OCCN(C)C(=O)C1CCN(C2=NS(=O)(=O)c3ccccc32)CC1. The summed E-state index contributed by atoms with van der Waals surface area (Å²) in [6, 6.07) is 14.7. The third-order valence-corrected chi connectivity index (χ3v) is 7.24. The van der Waals surface area contributed by atoms with Crippen LogP contribution in [0.25, 0.3) is 0 Å². The van der Waals surface area contributed by atoms with Crippen LogP contribution >= 0.6 is 0 Å². The van der Waals surface area contributed by atoms with Crippen molar-refractivity contribution in [1.82, 2.24) is 9.80 Å². The maximum absolute atomic E-state index is 12.9. The first kappa shape index (κ1) is 21.4. The number of hydrogen-bond acceptors (Lipinski definition) is 5. The van der Waals surface area contributed by atoms with E-state index >= 15 is 0 Å². The standard InChI is InChI=1S/C23H27N3O4S/c1-17-7-3-5-9-20(17)30-16-15-25(2)23(27)18-11-13-26(14-12-18)22-19-8-4-6-10-21(19)31(28,29)24-22/h3-10,18H,11-16H2,1-2H3. The molecule has 0 bridgehead atoms. The lowest BCUT2D eigenvalue weighted by Gasteiger charge is -2.34. The number of benzene rings is 2. The normalized spacial score (nSPS) is 17.7. The Morgan fingerprint density at radius 2 is 1.81 bits per heavy atom. The first-order chi connectivity index (χ1) is 14.9. The van der Waals surface area contributed by atoms with E-state index in [2.05, 4.69) is 4.40 Å². The van der Waals surface area contributed by atoms with Crippen LogP contribution in [0.1, 0.15) is 24.0 Å². The lowest BCUT2D eigenvalue weighted by molar-refractivity contribution is -0.135. The molecule has 0 unspecified atom stereocenters. The van der Waals surface area contributed by atoms with E-state index in [1.165, 1.54) is 0 Å². The molecular weight excluding hydrogens is 414 g/mol. The molecule has 164 valence electrons. The molecule has 2 aromatic rings. The van der Waals surface area contributed by atoms with Crippen LogP contribution in [0.2, 0.25) is 0 Å². The molecule has 2 aromatic carbocycles. The van der Waals surface area contributed by atoms with E-state index in [9.17, 15) is 13.2 Å². The average molecular weight is 442 g/mol. The Kier molecular flexibility index (Phi) is 6.00. The minimum absolute atomic E-state index is 0.0754. The van der Waals surface area contributed by atoms with Crippen molar-refractivity contribution >= 4 is 21.8 Å². The van der Waals surface area contributed by atoms with E-state index in [1.54, 1.807) is 30.1 Å². The molecule has 0 aromatic heterocycles. The summed E-state index contributed by atoms with van der Waals surface area (Å²) in [4.78, 5) is 16.8. The number of hydrogen-bond donors (Lipinski definition) is 0. The number of piperidine rings is 1. The molecule has 2 heterocycles. The largest absolute Gasteiger partial charge is 0.491 e. The van der Waals surface area contributed by atoms with Crippen LogP contribution in [0.4, 0.5) is 0 Å². The van der Waals surface area contributed by atoms with Crippen LogP contribution in [0, 0.1) is 12.8 Å². The Balaban J connectivity index is 1.31. The van der Waals surface area contributed by atoms with Crippen molar-refractivity contribution in [2.24, 2.45) is 10.3 Å². The number of ether oxygens (including phenoxy) is 1. The van der Waals surface area contributed by atoms with Crippen molar-refractivity contribution in [3.63, 3.8) is 0 Å². The topological polar surface area (TPSA) is 79.3 Å². The molecule has 0 atom stereocenters. The fraction of sp³-hybridized carbons (Fsp3) is 0.391. The quantitative estimate of drug-likeness (QED) is 0.713. The number of nitrogens with zero attached hydrogens (tertiary/aromatic N) is 3. The molecule has 2 aliphatic heterocycles. The number of carbonyl (C=O) groups is 1. The average Bonchev–Trinajstić information content (AvgIpc) is 3.06. The molecule has 0 saturated carbocycles. The molecular formula is C23H27N3O4S. The van der Waals surface area contributed by atoms with Crippen molar-refractivity contribution in [3.8, 4) is 5.75 Å². The molecule has 0 spiro atoms. The highest BCUT2D eigenvalue weighted by Gasteiger charge is 2.34. The van der Waals surface area contributed by atoms with Gasteiger partial charge in [0.25, 0.3) is 10.0 Å². The number of amides is 1. The zero-order valence-electron chi connectivity index (χ0n) is 17.8. The summed E-state index contributed by atoms with van der Waals surface area (Å²) in [5, 5.41) is 0. The molecule has 0 N–H and O–H groups in total. The second-order valence-electron chi connectivity index (χ2n) is 8.02. The summed E-state index contributed by atoms with van der Waals surface area (Å²) in [5.41, 5.74) is 1.72. The van der Waals surface area contributed by atoms with Gasteiger partial charge in [0, 0.05) is 31.6 Å². The first-order valence-electron chi connectivity index (χ1n) is 10.5. The molecule has 8 heteroatoms. The van der Waals surface area contributed by atoms with Gasteiger partial charge in [0.15, 0.2) is 5.84 Å². The number of aryl methyl sites for hydroxylation is 1. The maximum atomic E-state index is 12.9. The minimum Gasteiger partial charge on any atom is -0.491 e. The molecule has 0 aliphatic carbocycles. The Bertz CT molecular complexity index is 1110. The van der Waals surface area contributed by atoms with Gasteiger partial charge < -0.3 is 14.5 Å². The first-order valence-corrected chi connectivity index (χ1v) is 11.9. The van der Waals surface area contributed by atoms with E-state index in [0.717, 1.165) is 11.3 Å². The summed E-state index contributed by atoms with van der Waals surface area (Å²) in [6.45, 7) is 4.17. The smallest absolute Gasteiger partial charge is 0.285 e. The van der Waals surface area contributed by atoms with Crippen LogP contribution in [0.5, 0.6) is 5.75 Å². The number of carbonyl (C=O) groups excluding carboxylic acids is 1. The van der Waals surface area contributed by atoms with Gasteiger partial charge in [-0.1, -0.05) is 30.3 Å². The number of fused-ring (bicyclic) bond motifs is 1. The van der Waals surface area contributed by atoms with Gasteiger partial charge in [-0.3, -0.25) is 4.79 Å². The Hall–Kier alpha value is -2.87. The second-order valence-corrected chi connectivity index (χ2v) is 9.59. The van der Waals surface area contributed by atoms with Crippen molar-refractivity contribution in [2.75, 3.05) is 33.3 Å². The molecule has 7 nitrogen and oxygen atoms in total. The van der Waals surface area contributed by atoms with Gasteiger partial charge >= 0.3 is 0 Å². The Morgan fingerprint density at radius 1 is 1.13 bits per heavy atom. The highest BCUT2D eigenvalue weighted by atomic mass is 32.2. The lowest BCUT2D eigenvalue weighted by atomic mass is 9.95. The van der Waals surface area contributed by atoms with E-state index in [-0.39, 0.29) is 16.7 Å². The highest BCUT2D eigenvalue weighted by molar-refractivity contribution is 7.90. The predicted octanol–water partition coefficient (Wildman–Crippen LogP) is 2.69. The van der Waals surface area contributed by atoms with Crippen LogP contribution in [-0.2, 0) is 14.8 Å². The van der Waals surface area contributed by atoms with Crippen molar-refractivity contribution in [3.05, 3.63) is 59.7 Å². The molecule has 4 rings (SSSR count). The van der Waals surface area contributed by atoms with Crippen LogP contribution in [0.3, 0.4) is 0 Å².